The number of halogens is 6. The van der Waals surface area contributed by atoms with Gasteiger partial charge in [0.05, 0.1) is 0 Å². The highest BCUT2D eigenvalue weighted by molar-refractivity contribution is 8.13. The highest BCUT2D eigenvalue weighted by atomic mass is 32.3. The molecule has 30 heavy (non-hydrogen) atoms. The van der Waals surface area contributed by atoms with E-state index in [0.717, 1.165) is 8.52 Å². The highest BCUT2D eigenvalue weighted by Gasteiger charge is 2.46. The summed E-state index contributed by atoms with van der Waals surface area (Å²) in [6, 6.07) is 4.33. The van der Waals surface area contributed by atoms with Crippen molar-refractivity contribution in [2.24, 2.45) is 0 Å². The fraction of sp³-hybridized carbons (Fsp3) is 0.643. The summed E-state index contributed by atoms with van der Waals surface area (Å²) >= 11 is 0. The summed E-state index contributed by atoms with van der Waals surface area (Å²) in [6.45, 7) is 2.23. The molecule has 1 aromatic rings. The van der Waals surface area contributed by atoms with Crippen LogP contribution in [-0.2, 0) is 26.5 Å². The summed E-state index contributed by atoms with van der Waals surface area (Å²) in [5.41, 5.74) is -11.0. The first-order chi connectivity index (χ1) is 13.2. The molecule has 0 saturated carbocycles. The minimum Gasteiger partial charge on any atom is -0.501 e. The van der Waals surface area contributed by atoms with Gasteiger partial charge in [-0.2, -0.15) is 26.3 Å². The van der Waals surface area contributed by atoms with Crippen molar-refractivity contribution in [3.05, 3.63) is 34.2 Å². The molecule has 16 heteroatoms. The Bertz CT molecular complexity index is 855. The smallest absolute Gasteiger partial charge is 0.480 e. The standard InChI is InChI=1S/C12H22BN2.C2F6NO4S2/c1-5-6-8-12-9-7-10-14(11-12)13-15(2,3)4;3-1(4,5)14(10,11)9-15(12,13)2(6,7)8/h7,9-11H,5-6,8H2,1-4H3;/q+1;-1. The molecule has 0 amide bonds. The maximum absolute atomic E-state index is 11.4. The quantitative estimate of drug-likeness (QED) is 0.439. The molecule has 0 fully saturated rings. The van der Waals surface area contributed by atoms with Gasteiger partial charge in [0.1, 0.15) is 12.4 Å². The van der Waals surface area contributed by atoms with Crippen molar-refractivity contribution in [1.82, 2.24) is 0 Å². The summed E-state index contributed by atoms with van der Waals surface area (Å²) in [7, 11) is -4.78. The van der Waals surface area contributed by atoms with Gasteiger partial charge in [-0.1, -0.05) is 13.3 Å². The second-order valence-electron chi connectivity index (χ2n) is 6.91. The van der Waals surface area contributed by atoms with E-state index in [0.29, 0.717) is 0 Å². The molecular weight excluding hydrogens is 463 g/mol. The number of unbranched alkanes of at least 4 members (excludes halogenated alkanes) is 1. The van der Waals surface area contributed by atoms with Crippen molar-refractivity contribution in [3.63, 3.8) is 0 Å². The van der Waals surface area contributed by atoms with E-state index < -0.39 is 31.1 Å². The Morgan fingerprint density at radius 2 is 1.47 bits per heavy atom. The van der Waals surface area contributed by atoms with Crippen molar-refractivity contribution in [2.75, 3.05) is 21.1 Å². The number of alkyl halides is 6. The lowest BCUT2D eigenvalue weighted by molar-refractivity contribution is -0.807. The van der Waals surface area contributed by atoms with Crippen LogP contribution >= 0.6 is 0 Å². The number of rotatable bonds is 7. The lowest BCUT2D eigenvalue weighted by atomic mass is 10.0. The third kappa shape index (κ3) is 10.1. The van der Waals surface area contributed by atoms with Gasteiger partial charge in [-0.25, -0.2) is 16.8 Å². The second kappa shape index (κ2) is 10.3. The summed E-state index contributed by atoms with van der Waals surface area (Å²) < 4.78 is 112. The third-order valence-corrected chi connectivity index (χ3v) is 5.70. The molecule has 0 aliphatic heterocycles. The van der Waals surface area contributed by atoms with Crippen LogP contribution in [0.5, 0.6) is 0 Å². The van der Waals surface area contributed by atoms with Crippen molar-refractivity contribution < 1.29 is 52.1 Å². The zero-order valence-corrected chi connectivity index (χ0v) is 18.2. The van der Waals surface area contributed by atoms with E-state index in [1.54, 1.807) is 0 Å². The summed E-state index contributed by atoms with van der Waals surface area (Å²) in [6.07, 6.45) is 8.03. The zero-order chi connectivity index (χ0) is 24.0. The van der Waals surface area contributed by atoms with Gasteiger partial charge in [0, 0.05) is 26.7 Å². The van der Waals surface area contributed by atoms with Crippen molar-refractivity contribution in [1.29, 1.82) is 0 Å². The normalized spacial score (nSPS) is 13.5. The topological polar surface area (TPSA) is 86.3 Å². The van der Waals surface area contributed by atoms with Crippen LogP contribution in [0, 0.1) is 0 Å². The van der Waals surface area contributed by atoms with Gasteiger partial charge in [0.15, 0.2) is 20.0 Å². The monoisotopic (exact) mass is 485 g/mol. The van der Waals surface area contributed by atoms with Gasteiger partial charge >= 0.3 is 18.6 Å². The first-order valence-electron chi connectivity index (χ1n) is 8.25. The SMILES string of the molecule is CCCCc1ccc[n+]([B-][N+](C)(C)C)c1.O=S(=O)([N-]S(=O)(=O)C(F)(F)F)C(F)(F)F. The number of aryl methyl sites for hydroxylation is 1. The molecule has 1 rings (SSSR count). The second-order valence-corrected chi connectivity index (χ2v) is 10.3. The third-order valence-electron chi connectivity index (χ3n) is 2.96. The number of hydrogen-bond donors (Lipinski definition) is 0. The molecule has 0 aliphatic carbocycles. The molecule has 0 aliphatic rings. The molecule has 0 atom stereocenters. The molecule has 174 valence electrons. The molecule has 0 N–H and O–H groups in total. The van der Waals surface area contributed by atoms with Gasteiger partial charge in [-0.15, -0.1) is 0 Å². The van der Waals surface area contributed by atoms with Crippen molar-refractivity contribution in [3.8, 4) is 0 Å². The number of sulfonamides is 2. The summed E-state index contributed by atoms with van der Waals surface area (Å²) in [5, 5.41) is 0. The van der Waals surface area contributed by atoms with Gasteiger partial charge < -0.3 is 13.0 Å². The van der Waals surface area contributed by atoms with E-state index in [-0.39, 0.29) is 0 Å². The number of quaternary nitrogens is 1. The Morgan fingerprint density at radius 1 is 1.00 bits per heavy atom. The predicted octanol–water partition coefficient (Wildman–Crippen LogP) is 2.46. The van der Waals surface area contributed by atoms with Gasteiger partial charge in [0.2, 0.25) is 0 Å². The molecule has 7 nitrogen and oxygen atoms in total. The minimum atomic E-state index is -6.72. The van der Waals surface area contributed by atoms with Crippen LogP contribution < -0.4 is 4.48 Å². The van der Waals surface area contributed by atoms with E-state index in [4.69, 9.17) is 0 Å². The Labute approximate surface area is 172 Å². The molecular formula is C14H22BF6N3O4S2. The number of hydrogen-bond acceptors (Lipinski definition) is 4. The van der Waals surface area contributed by atoms with Crippen LogP contribution in [0.1, 0.15) is 25.3 Å². The van der Waals surface area contributed by atoms with Gasteiger partial charge in [-0.05, 0) is 25.0 Å². The van der Waals surface area contributed by atoms with Crippen LogP contribution in [0.3, 0.4) is 0 Å². The number of nitrogens with zero attached hydrogens (tertiary/aromatic N) is 3. The number of pyridine rings is 1. The minimum absolute atomic E-state index is 0.778. The van der Waals surface area contributed by atoms with Crippen LogP contribution in [-0.4, -0.2) is 60.9 Å². The molecule has 0 saturated heterocycles. The lowest BCUT2D eigenvalue weighted by Crippen LogP contribution is -2.56. The van der Waals surface area contributed by atoms with Crippen LogP contribution in [0.4, 0.5) is 26.3 Å². The Hall–Kier alpha value is -1.39. The molecule has 0 unspecified atom stereocenters. The first kappa shape index (κ1) is 28.6. The van der Waals surface area contributed by atoms with Crippen LogP contribution in [0.25, 0.3) is 4.13 Å². The lowest BCUT2D eigenvalue weighted by Gasteiger charge is -2.31. The van der Waals surface area contributed by atoms with Gasteiger partial charge in [0.25, 0.3) is 0 Å². The Morgan fingerprint density at radius 3 is 1.83 bits per heavy atom. The average Bonchev–Trinajstić information content (AvgIpc) is 2.49. The fourth-order valence-electron chi connectivity index (χ4n) is 1.76. The fourth-order valence-corrected chi connectivity index (χ4v) is 3.47. The van der Waals surface area contributed by atoms with Gasteiger partial charge in [-0.3, -0.25) is 0 Å². The van der Waals surface area contributed by atoms with E-state index in [1.165, 1.54) is 24.8 Å². The zero-order valence-electron chi connectivity index (χ0n) is 16.6. The molecule has 0 aromatic carbocycles. The summed E-state index contributed by atoms with van der Waals surface area (Å²) in [4.78, 5) is 0. The molecule has 0 bridgehead atoms. The predicted molar refractivity (Wildman–Crippen MR) is 97.7 cm³/mol. The van der Waals surface area contributed by atoms with Crippen LogP contribution in [0.15, 0.2) is 24.5 Å². The maximum Gasteiger partial charge on any atom is 0.480 e. The van der Waals surface area contributed by atoms with E-state index in [1.807, 2.05) is 0 Å². The average molecular weight is 485 g/mol. The Kier molecular flexibility index (Phi) is 9.81. The van der Waals surface area contributed by atoms with E-state index in [2.05, 4.69) is 64.6 Å². The molecule has 1 heterocycles. The molecule has 2 radical (unpaired) electrons. The first-order valence-corrected chi connectivity index (χ1v) is 11.1. The van der Waals surface area contributed by atoms with Crippen molar-refractivity contribution >= 4 is 27.6 Å². The molecule has 0 spiro atoms. The highest BCUT2D eigenvalue weighted by Crippen LogP contribution is 2.36. The maximum atomic E-state index is 11.4. The van der Waals surface area contributed by atoms with E-state index in [9.17, 15) is 43.2 Å². The summed E-state index contributed by atoms with van der Waals surface area (Å²) in [5.74, 6) is 0. The van der Waals surface area contributed by atoms with Crippen molar-refractivity contribution in [2.45, 2.75) is 37.2 Å². The van der Waals surface area contributed by atoms with E-state index >= 15 is 0 Å². The largest absolute Gasteiger partial charge is 0.501 e. The van der Waals surface area contributed by atoms with Crippen LogP contribution in [0.2, 0.25) is 0 Å². The Balaban J connectivity index is 0.000000561. The number of aromatic nitrogens is 1. The molecule has 1 aromatic heterocycles.